The van der Waals surface area contributed by atoms with E-state index in [0.717, 1.165) is 30.9 Å². The monoisotopic (exact) mass is 338 g/mol. The first kappa shape index (κ1) is 17.4. The maximum Gasteiger partial charge on any atom is 0.161 e. The van der Waals surface area contributed by atoms with Gasteiger partial charge in [-0.25, -0.2) is 0 Å². The fourth-order valence-electron chi connectivity index (χ4n) is 3.09. The number of hydrogen-bond acceptors (Lipinski definition) is 3. The summed E-state index contributed by atoms with van der Waals surface area (Å²) < 4.78 is 13.5. The van der Waals surface area contributed by atoms with Crippen molar-refractivity contribution in [3.63, 3.8) is 0 Å². The summed E-state index contributed by atoms with van der Waals surface area (Å²) in [5, 5.41) is 1.28. The topological polar surface area (TPSA) is 49.4 Å². The average molecular weight is 338 g/mol. The molecule has 0 bridgehead atoms. The van der Waals surface area contributed by atoms with Crippen molar-refractivity contribution < 1.29 is 9.47 Å². The normalized spacial score (nSPS) is 12.3. The summed E-state index contributed by atoms with van der Waals surface area (Å²) in [5.41, 5.74) is 8.70. The van der Waals surface area contributed by atoms with Crippen LogP contribution in [-0.4, -0.2) is 24.3 Å². The minimum atomic E-state index is 0.198. The van der Waals surface area contributed by atoms with Gasteiger partial charge in [-0.05, 0) is 36.6 Å². The summed E-state index contributed by atoms with van der Waals surface area (Å²) in [7, 11) is 1.66. The van der Waals surface area contributed by atoms with Crippen LogP contribution in [0.3, 0.4) is 0 Å². The van der Waals surface area contributed by atoms with E-state index in [2.05, 4.69) is 42.0 Å². The Labute approximate surface area is 149 Å². The van der Waals surface area contributed by atoms with Crippen molar-refractivity contribution in [1.29, 1.82) is 0 Å². The number of fused-ring (bicyclic) bond motifs is 1. The van der Waals surface area contributed by atoms with E-state index in [1.165, 1.54) is 16.5 Å². The number of nitrogens with two attached hydrogens (primary N) is 1. The van der Waals surface area contributed by atoms with E-state index in [4.69, 9.17) is 15.2 Å². The molecule has 0 aliphatic rings. The van der Waals surface area contributed by atoms with Gasteiger partial charge in [0.25, 0.3) is 0 Å². The van der Waals surface area contributed by atoms with E-state index >= 15 is 0 Å². The third-order valence-electron chi connectivity index (χ3n) is 4.54. The van der Waals surface area contributed by atoms with E-state index in [0.29, 0.717) is 6.61 Å². The Balaban J connectivity index is 1.75. The molecule has 1 aromatic heterocycles. The molecule has 25 heavy (non-hydrogen) atoms. The number of rotatable bonds is 8. The van der Waals surface area contributed by atoms with E-state index in [1.807, 2.05) is 24.3 Å². The lowest BCUT2D eigenvalue weighted by Crippen LogP contribution is -2.21. The maximum absolute atomic E-state index is 6.17. The van der Waals surface area contributed by atoms with Gasteiger partial charge in [0.1, 0.15) is 6.61 Å². The molecule has 3 aromatic rings. The summed E-state index contributed by atoms with van der Waals surface area (Å²) in [4.78, 5) is 0. The highest BCUT2D eigenvalue weighted by Gasteiger charge is 2.11. The van der Waals surface area contributed by atoms with Crippen molar-refractivity contribution in [2.24, 2.45) is 5.73 Å². The molecule has 1 heterocycles. The summed E-state index contributed by atoms with van der Waals surface area (Å²) in [6.07, 6.45) is 4.10. The second-order valence-electron chi connectivity index (χ2n) is 6.24. The predicted octanol–water partition coefficient (Wildman–Crippen LogP) is 4.01. The highest BCUT2D eigenvalue weighted by Crippen LogP contribution is 2.26. The number of para-hydroxylation sites is 3. The van der Waals surface area contributed by atoms with Crippen LogP contribution in [0.15, 0.2) is 54.7 Å². The van der Waals surface area contributed by atoms with Crippen LogP contribution in [0.5, 0.6) is 11.5 Å². The van der Waals surface area contributed by atoms with Crippen LogP contribution in [0.2, 0.25) is 0 Å². The van der Waals surface area contributed by atoms with Gasteiger partial charge in [-0.15, -0.1) is 0 Å². The summed E-state index contributed by atoms with van der Waals surface area (Å²) >= 11 is 0. The number of methoxy groups -OCH3 is 1. The van der Waals surface area contributed by atoms with Gasteiger partial charge >= 0.3 is 0 Å². The third-order valence-corrected chi connectivity index (χ3v) is 4.54. The molecule has 4 heteroatoms. The number of hydrogen-bond donors (Lipinski definition) is 1. The first-order valence-electron chi connectivity index (χ1n) is 8.81. The van der Waals surface area contributed by atoms with Gasteiger partial charge < -0.3 is 19.8 Å². The molecule has 0 saturated carbocycles. The molecule has 2 aromatic carbocycles. The molecule has 1 atom stereocenters. The fourth-order valence-corrected chi connectivity index (χ4v) is 3.09. The molecule has 132 valence electrons. The predicted molar refractivity (Wildman–Crippen MR) is 102 cm³/mol. The van der Waals surface area contributed by atoms with Gasteiger partial charge in [0, 0.05) is 23.1 Å². The van der Waals surface area contributed by atoms with Crippen molar-refractivity contribution in [3.05, 3.63) is 60.3 Å². The van der Waals surface area contributed by atoms with Gasteiger partial charge in [0.2, 0.25) is 0 Å². The Morgan fingerprint density at radius 2 is 1.76 bits per heavy atom. The lowest BCUT2D eigenvalue weighted by atomic mass is 10.0. The Kier molecular flexibility index (Phi) is 5.61. The van der Waals surface area contributed by atoms with Crippen molar-refractivity contribution in [2.45, 2.75) is 32.4 Å². The van der Waals surface area contributed by atoms with Crippen LogP contribution in [0.25, 0.3) is 10.9 Å². The number of nitrogens with zero attached hydrogens (tertiary/aromatic N) is 1. The molecule has 0 saturated heterocycles. The van der Waals surface area contributed by atoms with Crippen molar-refractivity contribution in [3.8, 4) is 11.5 Å². The Hall–Kier alpha value is -2.46. The molecule has 0 aliphatic heterocycles. The lowest BCUT2D eigenvalue weighted by Gasteiger charge is -2.11. The van der Waals surface area contributed by atoms with Crippen molar-refractivity contribution in [1.82, 2.24) is 4.57 Å². The molecule has 1 unspecified atom stereocenters. The lowest BCUT2D eigenvalue weighted by molar-refractivity contribution is 0.281. The molecule has 0 aliphatic carbocycles. The molecule has 0 amide bonds. The largest absolute Gasteiger partial charge is 0.493 e. The molecule has 2 N–H and O–H groups in total. The van der Waals surface area contributed by atoms with Gasteiger partial charge in [0.05, 0.1) is 13.7 Å². The Morgan fingerprint density at radius 1 is 1.04 bits per heavy atom. The SMILES string of the molecule is CCC(N)Cc1cn(CCOc2ccccc2OC)c2ccccc12. The van der Waals surface area contributed by atoms with Crippen LogP contribution in [0, 0.1) is 0 Å². The van der Waals surface area contributed by atoms with Gasteiger partial charge in [0.15, 0.2) is 11.5 Å². The van der Waals surface area contributed by atoms with Gasteiger partial charge in [-0.2, -0.15) is 0 Å². The van der Waals surface area contributed by atoms with Crippen LogP contribution in [0.1, 0.15) is 18.9 Å². The van der Waals surface area contributed by atoms with Gasteiger partial charge in [-0.3, -0.25) is 0 Å². The highest BCUT2D eigenvalue weighted by molar-refractivity contribution is 5.84. The molecular weight excluding hydrogens is 312 g/mol. The molecule has 0 radical (unpaired) electrons. The van der Waals surface area contributed by atoms with E-state index in [-0.39, 0.29) is 6.04 Å². The molecule has 0 spiro atoms. The van der Waals surface area contributed by atoms with Crippen LogP contribution in [0.4, 0.5) is 0 Å². The number of ether oxygens (including phenoxy) is 2. The Bertz CT molecular complexity index is 826. The first-order valence-corrected chi connectivity index (χ1v) is 8.81. The van der Waals surface area contributed by atoms with Crippen LogP contribution < -0.4 is 15.2 Å². The van der Waals surface area contributed by atoms with E-state index in [1.54, 1.807) is 7.11 Å². The van der Waals surface area contributed by atoms with E-state index < -0.39 is 0 Å². The average Bonchev–Trinajstić information content (AvgIpc) is 3.00. The number of aromatic nitrogens is 1. The fraction of sp³-hybridized carbons (Fsp3) is 0.333. The first-order chi connectivity index (χ1) is 12.2. The molecular formula is C21H26N2O2. The highest BCUT2D eigenvalue weighted by atomic mass is 16.5. The second kappa shape index (κ2) is 8.08. The second-order valence-corrected chi connectivity index (χ2v) is 6.24. The van der Waals surface area contributed by atoms with Crippen molar-refractivity contribution in [2.75, 3.05) is 13.7 Å². The standard InChI is InChI=1S/C21H26N2O2/c1-3-17(22)14-16-15-23(19-9-5-4-8-18(16)19)12-13-25-21-11-7-6-10-20(21)24-2/h4-11,15,17H,3,12-14,22H2,1-2H3. The zero-order chi connectivity index (χ0) is 17.6. The molecule has 4 nitrogen and oxygen atoms in total. The zero-order valence-electron chi connectivity index (χ0n) is 14.9. The smallest absolute Gasteiger partial charge is 0.161 e. The summed E-state index contributed by atoms with van der Waals surface area (Å²) in [6, 6.07) is 16.4. The number of benzene rings is 2. The quantitative estimate of drug-likeness (QED) is 0.675. The van der Waals surface area contributed by atoms with Crippen molar-refractivity contribution >= 4 is 10.9 Å². The minimum absolute atomic E-state index is 0.198. The molecule has 0 fully saturated rings. The summed E-state index contributed by atoms with van der Waals surface area (Å²) in [5.74, 6) is 1.53. The summed E-state index contributed by atoms with van der Waals surface area (Å²) in [6.45, 7) is 3.49. The van der Waals surface area contributed by atoms with Crippen LogP contribution >= 0.6 is 0 Å². The minimum Gasteiger partial charge on any atom is -0.493 e. The van der Waals surface area contributed by atoms with Gasteiger partial charge in [-0.1, -0.05) is 37.3 Å². The molecule has 3 rings (SSSR count). The van der Waals surface area contributed by atoms with Crippen LogP contribution in [-0.2, 0) is 13.0 Å². The maximum atomic E-state index is 6.17. The van der Waals surface area contributed by atoms with E-state index in [9.17, 15) is 0 Å². The third kappa shape index (κ3) is 3.97. The zero-order valence-corrected chi connectivity index (χ0v) is 14.9. The Morgan fingerprint density at radius 3 is 2.52 bits per heavy atom.